The molecular formula is C10H17N3O3S. The van der Waals surface area contributed by atoms with Gasteiger partial charge in [-0.2, -0.15) is 9.40 Å². The molecule has 17 heavy (non-hydrogen) atoms. The highest BCUT2D eigenvalue weighted by atomic mass is 32.2. The number of sulfonamides is 1. The van der Waals surface area contributed by atoms with E-state index in [1.165, 1.54) is 10.5 Å². The predicted octanol–water partition coefficient (Wildman–Crippen LogP) is 0.178. The fraction of sp³-hybridized carbons (Fsp3) is 0.700. The Labute approximate surface area is 101 Å². The molecule has 1 aliphatic carbocycles. The number of nitrogens with one attached hydrogen (secondary N) is 1. The predicted molar refractivity (Wildman–Crippen MR) is 61.6 cm³/mol. The fourth-order valence-corrected chi connectivity index (χ4v) is 3.19. The molecule has 1 aromatic rings. The van der Waals surface area contributed by atoms with E-state index in [4.69, 9.17) is 5.11 Å². The average Bonchev–Trinajstić information content (AvgIpc) is 2.83. The minimum Gasteiger partial charge on any atom is -0.392 e. The number of aromatic nitrogens is 2. The van der Waals surface area contributed by atoms with Crippen molar-refractivity contribution in [2.45, 2.75) is 25.0 Å². The van der Waals surface area contributed by atoms with Gasteiger partial charge in [0.2, 0.25) is 0 Å². The van der Waals surface area contributed by atoms with Gasteiger partial charge >= 0.3 is 0 Å². The van der Waals surface area contributed by atoms with Crippen molar-refractivity contribution in [3.63, 3.8) is 0 Å². The summed E-state index contributed by atoms with van der Waals surface area (Å²) in [5.41, 5.74) is 0.306. The second-order valence-electron chi connectivity index (χ2n) is 4.64. The van der Waals surface area contributed by atoms with Crippen LogP contribution in [0, 0.1) is 11.8 Å². The standard InChI is InChI=1S/C10H17N3O3S/c1-7-3-8(7)5-13(2)17(15,16)10-9(6-14)4-11-12-10/h4,7-8,14H,3,5-6H2,1-2H3,(H,11,12). The van der Waals surface area contributed by atoms with Gasteiger partial charge in [-0.3, -0.25) is 5.10 Å². The Kier molecular flexibility index (Phi) is 3.24. The van der Waals surface area contributed by atoms with Crippen LogP contribution in [0.3, 0.4) is 0 Å². The van der Waals surface area contributed by atoms with E-state index in [-0.39, 0.29) is 11.6 Å². The Hall–Kier alpha value is -0.920. The van der Waals surface area contributed by atoms with Crippen LogP contribution in [-0.2, 0) is 16.6 Å². The van der Waals surface area contributed by atoms with Crippen LogP contribution < -0.4 is 0 Å². The smallest absolute Gasteiger partial charge is 0.260 e. The first-order valence-electron chi connectivity index (χ1n) is 5.56. The molecule has 2 unspecified atom stereocenters. The number of rotatable bonds is 5. The highest BCUT2D eigenvalue weighted by Crippen LogP contribution is 2.38. The first kappa shape index (κ1) is 12.5. The van der Waals surface area contributed by atoms with Gasteiger partial charge in [-0.25, -0.2) is 8.42 Å². The molecule has 2 rings (SSSR count). The Morgan fingerprint density at radius 2 is 2.29 bits per heavy atom. The van der Waals surface area contributed by atoms with Crippen molar-refractivity contribution >= 4 is 10.0 Å². The van der Waals surface area contributed by atoms with Gasteiger partial charge in [0.1, 0.15) is 0 Å². The highest BCUT2D eigenvalue weighted by Gasteiger charge is 2.37. The molecule has 0 amide bonds. The summed E-state index contributed by atoms with van der Waals surface area (Å²) in [4.78, 5) is 0. The van der Waals surface area contributed by atoms with Crippen LogP contribution in [-0.4, -0.2) is 41.6 Å². The van der Waals surface area contributed by atoms with Gasteiger partial charge < -0.3 is 5.11 Å². The van der Waals surface area contributed by atoms with Crippen LogP contribution >= 0.6 is 0 Å². The third kappa shape index (κ3) is 2.36. The van der Waals surface area contributed by atoms with Gasteiger partial charge in [-0.05, 0) is 18.3 Å². The van der Waals surface area contributed by atoms with Gasteiger partial charge in [-0.1, -0.05) is 6.92 Å². The van der Waals surface area contributed by atoms with Crippen molar-refractivity contribution in [2.75, 3.05) is 13.6 Å². The molecule has 2 N–H and O–H groups in total. The quantitative estimate of drug-likeness (QED) is 0.789. The molecule has 0 aliphatic heterocycles. The lowest BCUT2D eigenvalue weighted by atomic mass is 10.3. The molecule has 6 nitrogen and oxygen atoms in total. The first-order chi connectivity index (χ1) is 7.96. The zero-order valence-electron chi connectivity index (χ0n) is 9.92. The van der Waals surface area contributed by atoms with Gasteiger partial charge in [0, 0.05) is 19.2 Å². The van der Waals surface area contributed by atoms with E-state index in [0.29, 0.717) is 23.9 Å². The monoisotopic (exact) mass is 259 g/mol. The van der Waals surface area contributed by atoms with E-state index in [2.05, 4.69) is 17.1 Å². The molecular weight excluding hydrogens is 242 g/mol. The van der Waals surface area contributed by atoms with E-state index in [0.717, 1.165) is 6.42 Å². The molecule has 1 aliphatic rings. The topological polar surface area (TPSA) is 86.3 Å². The SMILES string of the molecule is CC1CC1CN(C)S(=O)(=O)c1[nH]ncc1CO. The summed E-state index contributed by atoms with van der Waals surface area (Å²) in [5.74, 6) is 1.06. The lowest BCUT2D eigenvalue weighted by Crippen LogP contribution is -2.30. The van der Waals surface area contributed by atoms with Gasteiger partial charge in [-0.15, -0.1) is 0 Å². The summed E-state index contributed by atoms with van der Waals surface area (Å²) in [5, 5.41) is 15.1. The molecule has 1 aromatic heterocycles. The number of hydrogen-bond acceptors (Lipinski definition) is 4. The Balaban J connectivity index is 2.17. The maximum absolute atomic E-state index is 12.2. The molecule has 0 bridgehead atoms. The van der Waals surface area contributed by atoms with Crippen molar-refractivity contribution in [3.8, 4) is 0 Å². The number of H-pyrrole nitrogens is 1. The molecule has 7 heteroatoms. The minimum atomic E-state index is -3.56. The Bertz CT molecular complexity index is 497. The summed E-state index contributed by atoms with van der Waals surface area (Å²) in [6.45, 7) is 2.30. The fourth-order valence-electron chi connectivity index (χ4n) is 1.87. The maximum Gasteiger partial charge on any atom is 0.260 e. The minimum absolute atomic E-state index is 0.00389. The van der Waals surface area contributed by atoms with Crippen molar-refractivity contribution < 1.29 is 13.5 Å². The third-order valence-electron chi connectivity index (χ3n) is 3.28. The second kappa shape index (κ2) is 4.40. The summed E-state index contributed by atoms with van der Waals surface area (Å²) in [7, 11) is -2.00. The number of hydrogen-bond donors (Lipinski definition) is 2. The average molecular weight is 259 g/mol. The van der Waals surface area contributed by atoms with E-state index >= 15 is 0 Å². The van der Waals surface area contributed by atoms with Crippen LogP contribution in [0.25, 0.3) is 0 Å². The van der Waals surface area contributed by atoms with Crippen LogP contribution in [0.4, 0.5) is 0 Å². The number of nitrogens with zero attached hydrogens (tertiary/aromatic N) is 2. The zero-order chi connectivity index (χ0) is 12.6. The van der Waals surface area contributed by atoms with Gasteiger partial charge in [0.15, 0.2) is 5.03 Å². The van der Waals surface area contributed by atoms with E-state index in [9.17, 15) is 8.42 Å². The van der Waals surface area contributed by atoms with E-state index < -0.39 is 10.0 Å². The summed E-state index contributed by atoms with van der Waals surface area (Å²) in [6, 6.07) is 0. The molecule has 0 saturated heterocycles. The normalized spacial score (nSPS) is 24.2. The molecule has 96 valence electrons. The second-order valence-corrected chi connectivity index (χ2v) is 6.62. The molecule has 1 fully saturated rings. The molecule has 0 radical (unpaired) electrons. The molecule has 1 heterocycles. The maximum atomic E-state index is 12.2. The van der Waals surface area contributed by atoms with Crippen molar-refractivity contribution in [1.82, 2.24) is 14.5 Å². The summed E-state index contributed by atoms with van der Waals surface area (Å²) >= 11 is 0. The van der Waals surface area contributed by atoms with Crippen molar-refractivity contribution in [2.24, 2.45) is 11.8 Å². The lowest BCUT2D eigenvalue weighted by Gasteiger charge is -2.16. The Morgan fingerprint density at radius 1 is 1.65 bits per heavy atom. The van der Waals surface area contributed by atoms with Crippen molar-refractivity contribution in [3.05, 3.63) is 11.8 Å². The van der Waals surface area contributed by atoms with Crippen molar-refractivity contribution in [1.29, 1.82) is 0 Å². The van der Waals surface area contributed by atoms with Crippen LogP contribution in [0.2, 0.25) is 0 Å². The highest BCUT2D eigenvalue weighted by molar-refractivity contribution is 7.89. The lowest BCUT2D eigenvalue weighted by molar-refractivity contribution is 0.278. The van der Waals surface area contributed by atoms with Gasteiger partial charge in [0.25, 0.3) is 10.0 Å². The number of aliphatic hydroxyl groups is 1. The number of aliphatic hydroxyl groups excluding tert-OH is 1. The largest absolute Gasteiger partial charge is 0.392 e. The Morgan fingerprint density at radius 3 is 2.82 bits per heavy atom. The number of aromatic amines is 1. The molecule has 1 saturated carbocycles. The molecule has 0 spiro atoms. The molecule has 0 aromatic carbocycles. The summed E-state index contributed by atoms with van der Waals surface area (Å²) in [6.07, 6.45) is 2.41. The van der Waals surface area contributed by atoms with Crippen LogP contribution in [0.15, 0.2) is 11.2 Å². The third-order valence-corrected chi connectivity index (χ3v) is 5.12. The van der Waals surface area contributed by atoms with E-state index in [1.54, 1.807) is 7.05 Å². The zero-order valence-corrected chi connectivity index (χ0v) is 10.7. The molecule has 2 atom stereocenters. The van der Waals surface area contributed by atoms with Crippen LogP contribution in [0.1, 0.15) is 18.9 Å². The summed E-state index contributed by atoms with van der Waals surface area (Å²) < 4.78 is 25.7. The van der Waals surface area contributed by atoms with Gasteiger partial charge in [0.05, 0.1) is 12.8 Å². The first-order valence-corrected chi connectivity index (χ1v) is 7.00. The van der Waals surface area contributed by atoms with E-state index in [1.807, 2.05) is 0 Å². The van der Waals surface area contributed by atoms with Crippen LogP contribution in [0.5, 0.6) is 0 Å².